The Morgan fingerprint density at radius 1 is 1.06 bits per heavy atom. The smallest absolute Gasteiger partial charge is 0.263 e. The highest BCUT2D eigenvalue weighted by Crippen LogP contribution is 2.31. The third kappa shape index (κ3) is 4.34. The average Bonchev–Trinajstić information content (AvgIpc) is 3.39. The number of fused-ring (bicyclic) bond motifs is 1. The number of nitrogens with zero attached hydrogens (tertiary/aromatic N) is 5. The van der Waals surface area contributed by atoms with Crippen LogP contribution < -0.4 is 15.8 Å². The Bertz CT molecular complexity index is 1210. The van der Waals surface area contributed by atoms with Gasteiger partial charge < -0.3 is 10.2 Å². The van der Waals surface area contributed by atoms with Gasteiger partial charge in [-0.25, -0.2) is 9.97 Å². The molecule has 0 amide bonds. The van der Waals surface area contributed by atoms with Crippen molar-refractivity contribution < 1.29 is 4.79 Å². The van der Waals surface area contributed by atoms with Crippen LogP contribution in [0.3, 0.4) is 0 Å². The number of carbonyl (C=O) groups is 1. The van der Waals surface area contributed by atoms with Gasteiger partial charge in [-0.15, -0.1) is 0 Å². The van der Waals surface area contributed by atoms with Crippen LogP contribution in [0.2, 0.25) is 0 Å². The molecule has 0 radical (unpaired) electrons. The number of aromatic nitrogens is 4. The van der Waals surface area contributed by atoms with E-state index in [0.29, 0.717) is 23.4 Å². The zero-order valence-electron chi connectivity index (χ0n) is 19.1. The second-order valence-corrected chi connectivity index (χ2v) is 9.00. The highest BCUT2D eigenvalue weighted by molar-refractivity contribution is 5.98. The summed E-state index contributed by atoms with van der Waals surface area (Å²) in [6.07, 6.45) is 11.5. The Balaban J connectivity index is 1.48. The maximum absolute atomic E-state index is 13.3. The third-order valence-corrected chi connectivity index (χ3v) is 6.77. The number of Topliss-reactive ketones (excluding diaryl/α,β-unsaturated/α-hetero) is 1. The number of ketones is 1. The van der Waals surface area contributed by atoms with Gasteiger partial charge in [0.2, 0.25) is 5.95 Å². The standard InChI is InChI=1S/C25H30N6O2/c1-2-21(32)20-14-17-15-27-25(29-23(17)31(24(20)33)19-8-4-5-9-19)28-18-10-11-22(26-16-18)30-12-6-3-7-13-30/h10-11,14-16,19H,2-9,12-13H2,1H3,(H,27,28,29). The van der Waals surface area contributed by atoms with Gasteiger partial charge in [-0.3, -0.25) is 14.2 Å². The first kappa shape index (κ1) is 21.6. The summed E-state index contributed by atoms with van der Waals surface area (Å²) >= 11 is 0. The molecule has 5 rings (SSSR count). The van der Waals surface area contributed by atoms with Gasteiger partial charge in [-0.2, -0.15) is 4.98 Å². The quantitative estimate of drug-likeness (QED) is 0.552. The Hall–Kier alpha value is -3.29. The fourth-order valence-corrected chi connectivity index (χ4v) is 4.97. The second kappa shape index (κ2) is 9.29. The molecule has 1 aliphatic carbocycles. The van der Waals surface area contributed by atoms with Gasteiger partial charge in [0.25, 0.3) is 5.56 Å². The van der Waals surface area contributed by atoms with Crippen molar-refractivity contribution >= 4 is 34.3 Å². The van der Waals surface area contributed by atoms with Crippen LogP contribution >= 0.6 is 0 Å². The molecule has 4 heterocycles. The molecule has 1 aliphatic heterocycles. The number of nitrogens with one attached hydrogen (secondary N) is 1. The number of carbonyl (C=O) groups excluding carboxylic acids is 1. The Morgan fingerprint density at radius 3 is 2.55 bits per heavy atom. The van der Waals surface area contributed by atoms with E-state index in [1.54, 1.807) is 30.0 Å². The summed E-state index contributed by atoms with van der Waals surface area (Å²) in [5, 5.41) is 3.94. The maximum Gasteiger partial charge on any atom is 0.263 e. The molecular weight excluding hydrogens is 416 g/mol. The first-order valence-corrected chi connectivity index (χ1v) is 12.1. The first-order chi connectivity index (χ1) is 16.1. The fraction of sp³-hybridized carbons (Fsp3) is 0.480. The molecule has 172 valence electrons. The lowest BCUT2D eigenvalue weighted by Crippen LogP contribution is -2.30. The Labute approximate surface area is 193 Å². The van der Waals surface area contributed by atoms with E-state index in [4.69, 9.17) is 4.98 Å². The summed E-state index contributed by atoms with van der Waals surface area (Å²) in [6, 6.07) is 5.72. The van der Waals surface area contributed by atoms with Gasteiger partial charge in [-0.05, 0) is 50.3 Å². The van der Waals surface area contributed by atoms with Gasteiger partial charge in [-0.1, -0.05) is 19.8 Å². The molecule has 33 heavy (non-hydrogen) atoms. The van der Waals surface area contributed by atoms with E-state index in [1.807, 2.05) is 12.1 Å². The van der Waals surface area contributed by atoms with Crippen molar-refractivity contribution in [2.24, 2.45) is 0 Å². The number of pyridine rings is 2. The van der Waals surface area contributed by atoms with E-state index in [1.165, 1.54) is 19.3 Å². The molecule has 0 bridgehead atoms. The van der Waals surface area contributed by atoms with Crippen LogP contribution in [0.1, 0.15) is 74.7 Å². The van der Waals surface area contributed by atoms with Crippen LogP contribution in [-0.2, 0) is 0 Å². The number of hydrogen-bond donors (Lipinski definition) is 1. The fourth-order valence-electron chi connectivity index (χ4n) is 4.97. The minimum Gasteiger partial charge on any atom is -0.357 e. The molecule has 0 atom stereocenters. The monoisotopic (exact) mass is 446 g/mol. The van der Waals surface area contributed by atoms with Crippen LogP contribution in [0.15, 0.2) is 35.4 Å². The Kier molecular flexibility index (Phi) is 6.07. The van der Waals surface area contributed by atoms with Crippen LogP contribution in [0.4, 0.5) is 17.5 Å². The summed E-state index contributed by atoms with van der Waals surface area (Å²) < 4.78 is 1.73. The largest absolute Gasteiger partial charge is 0.357 e. The number of hydrogen-bond acceptors (Lipinski definition) is 7. The van der Waals surface area contributed by atoms with Crippen LogP contribution in [0, 0.1) is 0 Å². The molecule has 8 heteroatoms. The molecule has 0 spiro atoms. The van der Waals surface area contributed by atoms with E-state index in [2.05, 4.69) is 20.2 Å². The van der Waals surface area contributed by atoms with Gasteiger partial charge in [0, 0.05) is 37.1 Å². The molecule has 1 saturated carbocycles. The van der Waals surface area contributed by atoms with E-state index < -0.39 is 0 Å². The highest BCUT2D eigenvalue weighted by atomic mass is 16.1. The van der Waals surface area contributed by atoms with Crippen molar-refractivity contribution in [2.45, 2.75) is 64.3 Å². The molecule has 2 fully saturated rings. The molecule has 3 aromatic rings. The summed E-state index contributed by atoms with van der Waals surface area (Å²) in [6.45, 7) is 3.88. The lowest BCUT2D eigenvalue weighted by atomic mass is 10.1. The second-order valence-electron chi connectivity index (χ2n) is 9.00. The summed E-state index contributed by atoms with van der Waals surface area (Å²) in [7, 11) is 0. The van der Waals surface area contributed by atoms with Crippen molar-refractivity contribution in [1.82, 2.24) is 19.5 Å². The predicted molar refractivity (Wildman–Crippen MR) is 130 cm³/mol. The first-order valence-electron chi connectivity index (χ1n) is 12.1. The molecule has 3 aromatic heterocycles. The van der Waals surface area contributed by atoms with Crippen molar-refractivity contribution in [3.8, 4) is 0 Å². The molecule has 2 aliphatic rings. The van der Waals surface area contributed by atoms with Crippen LogP contribution in [0.5, 0.6) is 0 Å². The SMILES string of the molecule is CCC(=O)c1cc2cnc(Nc3ccc(N4CCCCC4)nc3)nc2n(C2CCCC2)c1=O. The predicted octanol–water partition coefficient (Wildman–Crippen LogP) is 4.63. The van der Waals surface area contributed by atoms with Gasteiger partial charge in [0.1, 0.15) is 11.5 Å². The number of piperidine rings is 1. The summed E-state index contributed by atoms with van der Waals surface area (Å²) in [4.78, 5) is 41.8. The normalized spacial score (nSPS) is 16.9. The lowest BCUT2D eigenvalue weighted by molar-refractivity contribution is 0.0986. The van der Waals surface area contributed by atoms with Crippen LogP contribution in [-0.4, -0.2) is 38.4 Å². The zero-order chi connectivity index (χ0) is 22.8. The molecule has 0 unspecified atom stereocenters. The minimum atomic E-state index is -0.238. The molecular formula is C25H30N6O2. The van der Waals surface area contributed by atoms with Crippen molar-refractivity contribution in [2.75, 3.05) is 23.3 Å². The van der Waals surface area contributed by atoms with Crippen molar-refractivity contribution in [3.05, 3.63) is 46.5 Å². The van der Waals surface area contributed by atoms with Crippen molar-refractivity contribution in [1.29, 1.82) is 0 Å². The Morgan fingerprint density at radius 2 is 1.85 bits per heavy atom. The highest BCUT2D eigenvalue weighted by Gasteiger charge is 2.24. The van der Waals surface area contributed by atoms with Gasteiger partial charge in [0.15, 0.2) is 5.78 Å². The van der Waals surface area contributed by atoms with Gasteiger partial charge >= 0.3 is 0 Å². The third-order valence-electron chi connectivity index (χ3n) is 6.77. The topological polar surface area (TPSA) is 93.0 Å². The van der Waals surface area contributed by atoms with Gasteiger partial charge in [0.05, 0.1) is 17.4 Å². The molecule has 1 saturated heterocycles. The summed E-state index contributed by atoms with van der Waals surface area (Å²) in [5.41, 5.74) is 1.37. The molecule has 1 N–H and O–H groups in total. The van der Waals surface area contributed by atoms with E-state index in [-0.39, 0.29) is 22.9 Å². The van der Waals surface area contributed by atoms with E-state index in [0.717, 1.165) is 50.3 Å². The molecule has 8 nitrogen and oxygen atoms in total. The van der Waals surface area contributed by atoms with E-state index in [9.17, 15) is 9.59 Å². The van der Waals surface area contributed by atoms with E-state index >= 15 is 0 Å². The number of rotatable bonds is 6. The molecule has 0 aromatic carbocycles. The van der Waals surface area contributed by atoms with Crippen LogP contribution in [0.25, 0.3) is 11.0 Å². The zero-order valence-corrected chi connectivity index (χ0v) is 19.1. The van der Waals surface area contributed by atoms with Crippen molar-refractivity contribution in [3.63, 3.8) is 0 Å². The summed E-state index contributed by atoms with van der Waals surface area (Å²) in [5.74, 6) is 1.26. The average molecular weight is 447 g/mol. The lowest BCUT2D eigenvalue weighted by Gasteiger charge is -2.27. The maximum atomic E-state index is 13.3. The minimum absolute atomic E-state index is 0.0675. The number of anilines is 3.